The summed E-state index contributed by atoms with van der Waals surface area (Å²) in [6, 6.07) is 12.7. The van der Waals surface area contributed by atoms with Crippen LogP contribution in [0, 0.1) is 5.82 Å². The number of carbonyl (C=O) groups is 2. The highest BCUT2D eigenvalue weighted by molar-refractivity contribution is 8.02. The van der Waals surface area contributed by atoms with E-state index in [2.05, 4.69) is 10.6 Å². The van der Waals surface area contributed by atoms with Gasteiger partial charge in [-0.15, -0.1) is 11.8 Å². The van der Waals surface area contributed by atoms with E-state index in [4.69, 9.17) is 4.74 Å². The Bertz CT molecular complexity index is 837. The first-order valence-corrected chi connectivity index (χ1v) is 9.06. The van der Waals surface area contributed by atoms with E-state index >= 15 is 0 Å². The van der Waals surface area contributed by atoms with Crippen molar-refractivity contribution in [2.75, 3.05) is 17.7 Å². The van der Waals surface area contributed by atoms with Gasteiger partial charge in [-0.25, -0.2) is 4.39 Å². The van der Waals surface area contributed by atoms with Gasteiger partial charge in [0.25, 0.3) is 11.8 Å². The first-order chi connectivity index (χ1) is 12.6. The van der Waals surface area contributed by atoms with Gasteiger partial charge in [-0.05, 0) is 30.3 Å². The number of carbonyl (C=O) groups excluding carboxylic acids is 2. The Balaban J connectivity index is 1.56. The van der Waals surface area contributed by atoms with Gasteiger partial charge in [0.1, 0.15) is 5.82 Å². The molecule has 0 fully saturated rings. The molecule has 3 rings (SSSR count). The minimum absolute atomic E-state index is 0.104. The summed E-state index contributed by atoms with van der Waals surface area (Å²) in [4.78, 5) is 24.2. The third-order valence-electron chi connectivity index (χ3n) is 3.68. The monoisotopic (exact) mass is 372 g/mol. The standard InChI is InChI=1S/C19H17FN2O3S/c20-16-4-2-1-3-14(16)11-21-18(23)13-5-7-15(8-6-13)22-19(24)17-12-26-10-9-25-17/h1-8,12H,9-11H2,(H,21,23)(H,22,24). The van der Waals surface area contributed by atoms with Crippen molar-refractivity contribution in [2.24, 2.45) is 0 Å². The van der Waals surface area contributed by atoms with Gasteiger partial charge in [0.05, 0.1) is 6.61 Å². The lowest BCUT2D eigenvalue weighted by Crippen LogP contribution is -2.23. The number of nitrogens with one attached hydrogen (secondary N) is 2. The molecule has 0 saturated carbocycles. The number of benzene rings is 2. The average Bonchev–Trinajstić information content (AvgIpc) is 2.68. The third kappa shape index (κ3) is 4.64. The minimum atomic E-state index is -0.358. The second-order valence-corrected chi connectivity index (χ2v) is 6.48. The van der Waals surface area contributed by atoms with Gasteiger partial charge in [0.15, 0.2) is 5.76 Å². The summed E-state index contributed by atoms with van der Waals surface area (Å²) < 4.78 is 18.9. The molecular formula is C19H17FN2O3S. The average molecular weight is 372 g/mol. The van der Waals surface area contributed by atoms with E-state index in [-0.39, 0.29) is 29.9 Å². The highest BCUT2D eigenvalue weighted by atomic mass is 32.2. The lowest BCUT2D eigenvalue weighted by Gasteiger charge is -2.14. The van der Waals surface area contributed by atoms with Crippen LogP contribution in [-0.2, 0) is 16.1 Å². The summed E-state index contributed by atoms with van der Waals surface area (Å²) in [5, 5.41) is 7.07. The van der Waals surface area contributed by atoms with Crippen molar-refractivity contribution in [1.82, 2.24) is 5.32 Å². The molecule has 1 aliphatic heterocycles. The number of hydrogen-bond donors (Lipinski definition) is 2. The van der Waals surface area contributed by atoms with E-state index in [0.29, 0.717) is 23.4 Å². The zero-order chi connectivity index (χ0) is 18.4. The molecule has 0 unspecified atom stereocenters. The number of halogens is 1. The summed E-state index contributed by atoms with van der Waals surface area (Å²) >= 11 is 1.53. The topological polar surface area (TPSA) is 67.4 Å². The zero-order valence-electron chi connectivity index (χ0n) is 13.8. The number of amides is 2. The van der Waals surface area contributed by atoms with Crippen LogP contribution < -0.4 is 10.6 Å². The fourth-order valence-electron chi connectivity index (χ4n) is 2.30. The van der Waals surface area contributed by atoms with Crippen molar-refractivity contribution < 1.29 is 18.7 Å². The Kier molecular flexibility index (Phi) is 5.91. The van der Waals surface area contributed by atoms with Crippen molar-refractivity contribution in [2.45, 2.75) is 6.54 Å². The second kappa shape index (κ2) is 8.53. The van der Waals surface area contributed by atoms with Crippen LogP contribution in [0.15, 0.2) is 59.7 Å². The molecule has 0 spiro atoms. The highest BCUT2D eigenvalue weighted by Gasteiger charge is 2.14. The predicted molar refractivity (Wildman–Crippen MR) is 99.1 cm³/mol. The quantitative estimate of drug-likeness (QED) is 0.845. The molecule has 0 saturated heterocycles. The first-order valence-electron chi connectivity index (χ1n) is 8.01. The summed E-state index contributed by atoms with van der Waals surface area (Å²) in [6.45, 7) is 0.609. The number of rotatable bonds is 5. The second-order valence-electron chi connectivity index (χ2n) is 5.51. The van der Waals surface area contributed by atoms with Gasteiger partial charge in [0, 0.05) is 34.5 Å². The number of hydrogen-bond acceptors (Lipinski definition) is 4. The SMILES string of the molecule is O=C(Nc1ccc(C(=O)NCc2ccccc2F)cc1)C1=CSCCO1. The van der Waals surface area contributed by atoms with E-state index in [1.807, 2.05) is 0 Å². The van der Waals surface area contributed by atoms with Gasteiger partial charge in [0.2, 0.25) is 0 Å². The van der Waals surface area contributed by atoms with Crippen molar-refractivity contribution in [3.8, 4) is 0 Å². The van der Waals surface area contributed by atoms with Crippen LogP contribution in [0.3, 0.4) is 0 Å². The molecule has 0 aliphatic carbocycles. The van der Waals surface area contributed by atoms with Crippen molar-refractivity contribution in [1.29, 1.82) is 0 Å². The fourth-order valence-corrected chi connectivity index (χ4v) is 2.93. The lowest BCUT2D eigenvalue weighted by atomic mass is 10.1. The minimum Gasteiger partial charge on any atom is -0.487 e. The van der Waals surface area contributed by atoms with Gasteiger partial charge in [-0.2, -0.15) is 0 Å². The molecule has 2 aromatic rings. The van der Waals surface area contributed by atoms with E-state index in [0.717, 1.165) is 5.75 Å². The Labute approximate surface area is 154 Å². The fraction of sp³-hybridized carbons (Fsp3) is 0.158. The van der Waals surface area contributed by atoms with E-state index < -0.39 is 0 Å². The van der Waals surface area contributed by atoms with Gasteiger partial charge >= 0.3 is 0 Å². The maximum Gasteiger partial charge on any atom is 0.291 e. The summed E-state index contributed by atoms with van der Waals surface area (Å²) in [5.41, 5.74) is 1.40. The third-order valence-corrected chi connectivity index (χ3v) is 4.46. The van der Waals surface area contributed by atoms with Crippen molar-refractivity contribution in [3.05, 3.63) is 76.6 Å². The Morgan fingerprint density at radius 1 is 1.08 bits per heavy atom. The van der Waals surface area contributed by atoms with Gasteiger partial charge in [-0.1, -0.05) is 18.2 Å². The van der Waals surface area contributed by atoms with Gasteiger partial charge in [-0.3, -0.25) is 9.59 Å². The molecule has 2 amide bonds. The Hall–Kier alpha value is -2.80. The Morgan fingerprint density at radius 2 is 1.85 bits per heavy atom. The Morgan fingerprint density at radius 3 is 2.54 bits per heavy atom. The van der Waals surface area contributed by atoms with Crippen LogP contribution in [0.5, 0.6) is 0 Å². The molecule has 0 atom stereocenters. The molecule has 0 radical (unpaired) electrons. The molecule has 0 bridgehead atoms. The largest absolute Gasteiger partial charge is 0.487 e. The van der Waals surface area contributed by atoms with Crippen LogP contribution in [-0.4, -0.2) is 24.2 Å². The smallest absolute Gasteiger partial charge is 0.291 e. The maximum atomic E-state index is 13.6. The predicted octanol–water partition coefficient (Wildman–Crippen LogP) is 3.30. The van der Waals surface area contributed by atoms with Gasteiger partial charge < -0.3 is 15.4 Å². The molecule has 134 valence electrons. The van der Waals surface area contributed by atoms with Crippen molar-refractivity contribution in [3.63, 3.8) is 0 Å². The summed E-state index contributed by atoms with van der Waals surface area (Å²) in [6.07, 6.45) is 0. The maximum absolute atomic E-state index is 13.6. The molecule has 2 aromatic carbocycles. The van der Waals surface area contributed by atoms with E-state index in [9.17, 15) is 14.0 Å². The molecule has 2 N–H and O–H groups in total. The number of ether oxygens (including phenoxy) is 1. The molecule has 1 heterocycles. The van der Waals surface area contributed by atoms with Crippen LogP contribution in [0.4, 0.5) is 10.1 Å². The molecule has 0 aromatic heterocycles. The molecular weight excluding hydrogens is 355 g/mol. The zero-order valence-corrected chi connectivity index (χ0v) is 14.6. The normalized spacial score (nSPS) is 13.3. The highest BCUT2D eigenvalue weighted by Crippen LogP contribution is 2.17. The van der Waals surface area contributed by atoms with Crippen LogP contribution in [0.25, 0.3) is 0 Å². The van der Waals surface area contributed by atoms with Crippen molar-refractivity contribution >= 4 is 29.3 Å². The van der Waals surface area contributed by atoms with E-state index in [1.54, 1.807) is 47.9 Å². The molecule has 5 nitrogen and oxygen atoms in total. The first kappa shape index (κ1) is 18.0. The number of thioether (sulfide) groups is 1. The van der Waals surface area contributed by atoms with Crippen LogP contribution >= 0.6 is 11.8 Å². The molecule has 7 heteroatoms. The van der Waals surface area contributed by atoms with Crippen LogP contribution in [0.1, 0.15) is 15.9 Å². The lowest BCUT2D eigenvalue weighted by molar-refractivity contribution is -0.116. The van der Waals surface area contributed by atoms with Crippen LogP contribution in [0.2, 0.25) is 0 Å². The number of anilines is 1. The summed E-state index contributed by atoms with van der Waals surface area (Å²) in [5.74, 6) is 0.110. The molecule has 26 heavy (non-hydrogen) atoms. The van der Waals surface area contributed by atoms with E-state index in [1.165, 1.54) is 17.8 Å². The molecule has 1 aliphatic rings. The summed E-state index contributed by atoms with van der Waals surface area (Å²) in [7, 11) is 0.